The molecule has 1 saturated heterocycles. The minimum Gasteiger partial charge on any atom is -0.337 e. The Balaban J connectivity index is 1.73. The third-order valence-electron chi connectivity index (χ3n) is 5.88. The van der Waals surface area contributed by atoms with Gasteiger partial charge in [0.1, 0.15) is 11.9 Å². The fraction of sp³-hybridized carbons (Fsp3) is 0.364. The SMILES string of the molecule is Cc1cc(C)c(C)c(S(=O)(=O)N2CCC[C@@H]2c2nc(-c3cccc(F)c3)no2)c1C. The first kappa shape index (κ1) is 20.7. The predicted octanol–water partition coefficient (Wildman–Crippen LogP) is 4.64. The lowest BCUT2D eigenvalue weighted by Crippen LogP contribution is -2.32. The standard InChI is InChI=1S/C22H24FN3O3S/c1-13-11-14(2)16(4)20(15(13)3)30(27,28)26-10-6-9-19(26)22-24-21(25-29-22)17-7-5-8-18(23)12-17/h5,7-8,11-12,19H,6,9-10H2,1-4H3/t19-/m1/s1. The Labute approximate surface area is 175 Å². The molecule has 0 aliphatic carbocycles. The van der Waals surface area contributed by atoms with E-state index < -0.39 is 21.9 Å². The maximum atomic E-state index is 13.7. The predicted molar refractivity (Wildman–Crippen MR) is 111 cm³/mol. The van der Waals surface area contributed by atoms with Crippen LogP contribution in [0, 0.1) is 33.5 Å². The molecular formula is C22H24FN3O3S. The number of nitrogens with zero attached hydrogens (tertiary/aromatic N) is 3. The van der Waals surface area contributed by atoms with Crippen LogP contribution >= 0.6 is 0 Å². The minimum atomic E-state index is -3.76. The molecule has 2 aromatic carbocycles. The Morgan fingerprint density at radius 2 is 1.80 bits per heavy atom. The van der Waals surface area contributed by atoms with Crippen LogP contribution in [-0.4, -0.2) is 29.4 Å². The van der Waals surface area contributed by atoms with Crippen LogP contribution in [0.1, 0.15) is 47.0 Å². The van der Waals surface area contributed by atoms with Crippen molar-refractivity contribution in [3.8, 4) is 11.4 Å². The van der Waals surface area contributed by atoms with Crippen molar-refractivity contribution >= 4 is 10.0 Å². The summed E-state index contributed by atoms with van der Waals surface area (Å²) in [7, 11) is -3.76. The molecule has 0 bridgehead atoms. The van der Waals surface area contributed by atoms with Crippen LogP contribution in [-0.2, 0) is 10.0 Å². The van der Waals surface area contributed by atoms with Crippen LogP contribution in [0.2, 0.25) is 0 Å². The summed E-state index contributed by atoms with van der Waals surface area (Å²) in [6.07, 6.45) is 1.29. The molecule has 2 heterocycles. The van der Waals surface area contributed by atoms with Gasteiger partial charge < -0.3 is 4.52 Å². The summed E-state index contributed by atoms with van der Waals surface area (Å²) >= 11 is 0. The van der Waals surface area contributed by atoms with Gasteiger partial charge in [-0.15, -0.1) is 0 Å². The van der Waals surface area contributed by atoms with E-state index in [1.54, 1.807) is 12.1 Å². The Hall–Kier alpha value is -2.58. The fourth-order valence-electron chi connectivity index (χ4n) is 4.07. The summed E-state index contributed by atoms with van der Waals surface area (Å²) in [5.41, 5.74) is 3.89. The van der Waals surface area contributed by atoms with Gasteiger partial charge in [-0.1, -0.05) is 23.4 Å². The molecule has 0 saturated carbocycles. The maximum absolute atomic E-state index is 13.7. The van der Waals surface area contributed by atoms with Gasteiger partial charge in [-0.05, 0) is 74.9 Å². The van der Waals surface area contributed by atoms with Crippen LogP contribution < -0.4 is 0 Å². The van der Waals surface area contributed by atoms with Gasteiger partial charge >= 0.3 is 0 Å². The lowest BCUT2D eigenvalue weighted by molar-refractivity contribution is 0.290. The smallest absolute Gasteiger partial charge is 0.245 e. The molecule has 3 aromatic rings. The van der Waals surface area contributed by atoms with Crippen molar-refractivity contribution in [3.63, 3.8) is 0 Å². The minimum absolute atomic E-state index is 0.231. The van der Waals surface area contributed by atoms with E-state index in [-0.39, 0.29) is 11.7 Å². The van der Waals surface area contributed by atoms with Crippen molar-refractivity contribution in [3.05, 3.63) is 64.3 Å². The first-order valence-corrected chi connectivity index (χ1v) is 11.3. The summed E-state index contributed by atoms with van der Waals surface area (Å²) in [4.78, 5) is 4.75. The van der Waals surface area contributed by atoms with E-state index in [0.717, 1.165) is 22.3 Å². The Morgan fingerprint density at radius 3 is 2.47 bits per heavy atom. The lowest BCUT2D eigenvalue weighted by Gasteiger charge is -2.25. The highest BCUT2D eigenvalue weighted by Crippen LogP contribution is 2.39. The molecule has 1 aliphatic heterocycles. The molecule has 158 valence electrons. The van der Waals surface area contributed by atoms with Crippen molar-refractivity contribution in [1.82, 2.24) is 14.4 Å². The fourth-order valence-corrected chi connectivity index (χ4v) is 6.31. The molecule has 1 aromatic heterocycles. The molecule has 1 aliphatic rings. The highest BCUT2D eigenvalue weighted by atomic mass is 32.2. The summed E-state index contributed by atoms with van der Waals surface area (Å²) in [5, 5.41) is 3.95. The second-order valence-corrected chi connectivity index (χ2v) is 9.66. The number of hydrogen-bond acceptors (Lipinski definition) is 5. The molecule has 0 spiro atoms. The normalized spacial score (nSPS) is 17.6. The Morgan fingerprint density at radius 1 is 1.10 bits per heavy atom. The third-order valence-corrected chi connectivity index (χ3v) is 8.06. The second kappa shape index (κ2) is 7.59. The molecule has 0 unspecified atom stereocenters. The van der Waals surface area contributed by atoms with Crippen molar-refractivity contribution in [1.29, 1.82) is 0 Å². The molecule has 0 radical (unpaired) electrons. The van der Waals surface area contributed by atoms with E-state index in [2.05, 4.69) is 10.1 Å². The number of aromatic nitrogens is 2. The van der Waals surface area contributed by atoms with Crippen LogP contribution in [0.4, 0.5) is 4.39 Å². The monoisotopic (exact) mass is 429 g/mol. The van der Waals surface area contributed by atoms with Crippen molar-refractivity contribution in [2.45, 2.75) is 51.5 Å². The highest BCUT2D eigenvalue weighted by Gasteiger charge is 2.41. The van der Waals surface area contributed by atoms with E-state index in [9.17, 15) is 12.8 Å². The molecule has 6 nitrogen and oxygen atoms in total. The molecule has 1 atom stereocenters. The molecule has 30 heavy (non-hydrogen) atoms. The number of rotatable bonds is 4. The third kappa shape index (κ3) is 3.44. The molecule has 0 N–H and O–H groups in total. The van der Waals surface area contributed by atoms with Crippen molar-refractivity contribution in [2.75, 3.05) is 6.54 Å². The van der Waals surface area contributed by atoms with E-state index in [1.165, 1.54) is 16.4 Å². The molecular weight excluding hydrogens is 405 g/mol. The first-order chi connectivity index (χ1) is 14.2. The summed E-state index contributed by atoms with van der Waals surface area (Å²) in [6.45, 7) is 7.91. The number of benzene rings is 2. The molecule has 8 heteroatoms. The number of aryl methyl sites for hydroxylation is 2. The maximum Gasteiger partial charge on any atom is 0.245 e. The van der Waals surface area contributed by atoms with E-state index in [4.69, 9.17) is 4.52 Å². The number of sulfonamides is 1. The van der Waals surface area contributed by atoms with Crippen molar-refractivity contribution < 1.29 is 17.3 Å². The van der Waals surface area contributed by atoms with Gasteiger partial charge in [-0.3, -0.25) is 0 Å². The van der Waals surface area contributed by atoms with E-state index in [0.29, 0.717) is 29.8 Å². The molecule has 1 fully saturated rings. The van der Waals surface area contributed by atoms with E-state index in [1.807, 2.05) is 33.8 Å². The van der Waals surface area contributed by atoms with Crippen molar-refractivity contribution in [2.24, 2.45) is 0 Å². The summed E-state index contributed by atoms with van der Waals surface area (Å²) in [6, 6.07) is 7.38. The van der Waals surface area contributed by atoms with Crippen LogP contribution in [0.3, 0.4) is 0 Å². The summed E-state index contributed by atoms with van der Waals surface area (Å²) in [5.74, 6) is 0.0761. The van der Waals surface area contributed by atoms with Gasteiger partial charge in [0.05, 0.1) is 4.90 Å². The zero-order valence-electron chi connectivity index (χ0n) is 17.4. The van der Waals surface area contributed by atoms with Crippen LogP contribution in [0.25, 0.3) is 11.4 Å². The zero-order valence-corrected chi connectivity index (χ0v) is 18.3. The number of hydrogen-bond donors (Lipinski definition) is 0. The van der Waals surface area contributed by atoms with E-state index >= 15 is 0 Å². The van der Waals surface area contributed by atoms with Gasteiger partial charge in [0.15, 0.2) is 0 Å². The second-order valence-electron chi connectivity index (χ2n) is 7.83. The molecule has 0 amide bonds. The molecule has 4 rings (SSSR count). The van der Waals surface area contributed by atoms with Gasteiger partial charge in [-0.2, -0.15) is 9.29 Å². The van der Waals surface area contributed by atoms with Gasteiger partial charge in [0.25, 0.3) is 0 Å². The van der Waals surface area contributed by atoms with Gasteiger partial charge in [0.2, 0.25) is 21.7 Å². The van der Waals surface area contributed by atoms with Crippen LogP contribution in [0.5, 0.6) is 0 Å². The Kier molecular flexibility index (Phi) is 5.23. The quantitative estimate of drug-likeness (QED) is 0.604. The average molecular weight is 430 g/mol. The van der Waals surface area contributed by atoms with Crippen LogP contribution in [0.15, 0.2) is 39.8 Å². The largest absolute Gasteiger partial charge is 0.337 e. The van der Waals surface area contributed by atoms with Gasteiger partial charge in [0, 0.05) is 12.1 Å². The first-order valence-electron chi connectivity index (χ1n) is 9.89. The highest BCUT2D eigenvalue weighted by molar-refractivity contribution is 7.89. The lowest BCUT2D eigenvalue weighted by atomic mass is 10.0. The zero-order chi connectivity index (χ0) is 21.6. The van der Waals surface area contributed by atoms with Gasteiger partial charge in [-0.25, -0.2) is 12.8 Å². The topological polar surface area (TPSA) is 76.3 Å². The average Bonchev–Trinajstić information content (AvgIpc) is 3.36. The summed E-state index contributed by atoms with van der Waals surface area (Å²) < 4.78 is 47.8. The Bertz CT molecular complexity index is 1190. The number of halogens is 1.